The van der Waals surface area contributed by atoms with Crippen LogP contribution in [0.2, 0.25) is 0 Å². The molecule has 0 atom stereocenters. The standard InChI is InChI=1S/C23H30N/c1-11-12(2)15(5)22-20(14(11)4)17(7)18(8)21-16(6)13(3)19(9)24(10)23(21)22/h1-10H3/q+1. The Balaban J connectivity index is 2.87. The lowest BCUT2D eigenvalue weighted by atomic mass is 9.84. The van der Waals surface area contributed by atoms with Crippen molar-refractivity contribution in [1.29, 1.82) is 0 Å². The van der Waals surface area contributed by atoms with Gasteiger partial charge in [-0.25, -0.2) is 0 Å². The SMILES string of the molecule is Cc1c(C)c(C)c2c(c1C)c(C)c(C)c1c(C)c(C)c(C)[n+](C)c12. The first-order chi connectivity index (χ1) is 11.1. The Kier molecular flexibility index (Phi) is 3.75. The number of hydrogen-bond acceptors (Lipinski definition) is 0. The van der Waals surface area contributed by atoms with Crippen molar-refractivity contribution in [3.05, 3.63) is 50.2 Å². The normalized spacial score (nSPS) is 11.8. The molecule has 0 aliphatic heterocycles. The van der Waals surface area contributed by atoms with Crippen LogP contribution in [0.5, 0.6) is 0 Å². The van der Waals surface area contributed by atoms with Crippen molar-refractivity contribution in [2.45, 2.75) is 62.3 Å². The van der Waals surface area contributed by atoms with Gasteiger partial charge in [-0.2, -0.15) is 4.57 Å². The average Bonchev–Trinajstić information content (AvgIpc) is 2.56. The molecule has 0 amide bonds. The summed E-state index contributed by atoms with van der Waals surface area (Å²) >= 11 is 0. The minimum absolute atomic E-state index is 1.36. The molecule has 0 aliphatic rings. The Labute approximate surface area is 146 Å². The number of benzene rings is 2. The summed E-state index contributed by atoms with van der Waals surface area (Å²) < 4.78 is 2.41. The summed E-state index contributed by atoms with van der Waals surface area (Å²) in [6, 6.07) is 0. The fraction of sp³-hybridized carbons (Fsp3) is 0.435. The molecule has 0 saturated carbocycles. The number of nitrogens with zero attached hydrogens (tertiary/aromatic N) is 1. The number of aryl methyl sites for hydroxylation is 6. The van der Waals surface area contributed by atoms with Crippen molar-refractivity contribution in [2.24, 2.45) is 7.05 Å². The number of aromatic nitrogens is 1. The van der Waals surface area contributed by atoms with Gasteiger partial charge < -0.3 is 0 Å². The Morgan fingerprint density at radius 1 is 0.417 bits per heavy atom. The van der Waals surface area contributed by atoms with Gasteiger partial charge in [0.2, 0.25) is 5.52 Å². The molecule has 0 bridgehead atoms. The molecule has 0 radical (unpaired) electrons. The zero-order valence-electron chi connectivity index (χ0n) is 16.9. The van der Waals surface area contributed by atoms with E-state index in [1.807, 2.05) is 0 Å². The van der Waals surface area contributed by atoms with Crippen molar-refractivity contribution >= 4 is 21.7 Å². The van der Waals surface area contributed by atoms with E-state index in [1.54, 1.807) is 0 Å². The number of hydrogen-bond donors (Lipinski definition) is 0. The van der Waals surface area contributed by atoms with Crippen LogP contribution in [0.15, 0.2) is 0 Å². The van der Waals surface area contributed by atoms with Gasteiger partial charge in [-0.3, -0.25) is 0 Å². The summed E-state index contributed by atoms with van der Waals surface area (Å²) in [5.74, 6) is 0. The van der Waals surface area contributed by atoms with Crippen molar-refractivity contribution in [1.82, 2.24) is 0 Å². The maximum absolute atomic E-state index is 2.41. The van der Waals surface area contributed by atoms with Crippen LogP contribution in [-0.4, -0.2) is 0 Å². The third-order valence-electron chi connectivity index (χ3n) is 6.79. The van der Waals surface area contributed by atoms with Gasteiger partial charge in [0.25, 0.3) is 0 Å². The van der Waals surface area contributed by atoms with Crippen molar-refractivity contribution in [3.8, 4) is 0 Å². The van der Waals surface area contributed by atoms with Crippen molar-refractivity contribution < 1.29 is 4.57 Å². The maximum atomic E-state index is 2.41. The third-order valence-corrected chi connectivity index (χ3v) is 6.79. The van der Waals surface area contributed by atoms with Gasteiger partial charge in [0.15, 0.2) is 5.69 Å². The highest BCUT2D eigenvalue weighted by atomic mass is 14.9. The smallest absolute Gasteiger partial charge is 0.198 e. The van der Waals surface area contributed by atoms with Gasteiger partial charge in [-0.1, -0.05) is 0 Å². The molecule has 1 aromatic heterocycles. The summed E-state index contributed by atoms with van der Waals surface area (Å²) in [5.41, 5.74) is 14.2. The molecule has 0 N–H and O–H groups in total. The van der Waals surface area contributed by atoms with Gasteiger partial charge in [-0.05, 0) is 99.7 Å². The molecule has 3 aromatic rings. The Morgan fingerprint density at radius 2 is 0.792 bits per heavy atom. The molecule has 24 heavy (non-hydrogen) atoms. The second-order valence-corrected chi connectivity index (χ2v) is 7.62. The minimum atomic E-state index is 1.36. The van der Waals surface area contributed by atoms with E-state index >= 15 is 0 Å². The average molecular weight is 321 g/mol. The molecule has 1 heterocycles. The van der Waals surface area contributed by atoms with Crippen LogP contribution in [0.3, 0.4) is 0 Å². The summed E-state index contributed by atoms with van der Waals surface area (Å²) in [6.45, 7) is 20.5. The summed E-state index contributed by atoms with van der Waals surface area (Å²) in [4.78, 5) is 0. The fourth-order valence-electron chi connectivity index (χ4n) is 4.43. The molecule has 1 nitrogen and oxygen atoms in total. The lowest BCUT2D eigenvalue weighted by molar-refractivity contribution is -0.650. The molecule has 126 valence electrons. The molecule has 3 rings (SSSR count). The lowest BCUT2D eigenvalue weighted by Gasteiger charge is -2.20. The molecular weight excluding hydrogens is 290 g/mol. The molecule has 0 spiro atoms. The summed E-state index contributed by atoms with van der Waals surface area (Å²) in [5, 5.41) is 4.35. The van der Waals surface area contributed by atoms with Crippen molar-refractivity contribution in [3.63, 3.8) is 0 Å². The molecule has 0 fully saturated rings. The topological polar surface area (TPSA) is 3.88 Å². The second kappa shape index (κ2) is 5.31. The molecule has 1 heteroatoms. The van der Waals surface area contributed by atoms with E-state index in [0.29, 0.717) is 0 Å². The first kappa shape index (κ1) is 17.0. The number of pyridine rings is 1. The fourth-order valence-corrected chi connectivity index (χ4v) is 4.43. The largest absolute Gasteiger partial charge is 0.221 e. The molecule has 0 unspecified atom stereocenters. The summed E-state index contributed by atoms with van der Waals surface area (Å²) in [6.07, 6.45) is 0. The number of fused-ring (bicyclic) bond motifs is 3. The Bertz CT molecular complexity index is 952. The van der Waals surface area contributed by atoms with E-state index in [4.69, 9.17) is 0 Å². The van der Waals surface area contributed by atoms with E-state index in [1.165, 1.54) is 71.9 Å². The zero-order valence-corrected chi connectivity index (χ0v) is 16.9. The Hall–Kier alpha value is -1.89. The van der Waals surface area contributed by atoms with E-state index in [-0.39, 0.29) is 0 Å². The van der Waals surface area contributed by atoms with E-state index < -0.39 is 0 Å². The van der Waals surface area contributed by atoms with Crippen LogP contribution in [-0.2, 0) is 7.05 Å². The van der Waals surface area contributed by atoms with Crippen LogP contribution in [0.4, 0.5) is 0 Å². The maximum Gasteiger partial charge on any atom is 0.221 e. The summed E-state index contributed by atoms with van der Waals surface area (Å²) in [7, 11) is 2.22. The van der Waals surface area contributed by atoms with Crippen LogP contribution in [0.25, 0.3) is 21.7 Å². The predicted octanol–water partition coefficient (Wildman–Crippen LogP) is 5.59. The van der Waals surface area contributed by atoms with Gasteiger partial charge >= 0.3 is 0 Å². The number of rotatable bonds is 0. The van der Waals surface area contributed by atoms with Crippen LogP contribution >= 0.6 is 0 Å². The van der Waals surface area contributed by atoms with E-state index in [0.717, 1.165) is 0 Å². The first-order valence-electron chi connectivity index (χ1n) is 8.89. The molecule has 0 saturated heterocycles. The van der Waals surface area contributed by atoms with Crippen molar-refractivity contribution in [2.75, 3.05) is 0 Å². The quantitative estimate of drug-likeness (QED) is 0.375. The van der Waals surface area contributed by atoms with Crippen LogP contribution in [0, 0.1) is 62.3 Å². The highest BCUT2D eigenvalue weighted by molar-refractivity contribution is 6.11. The highest BCUT2D eigenvalue weighted by Crippen LogP contribution is 2.39. The van der Waals surface area contributed by atoms with Gasteiger partial charge in [0.05, 0.1) is 10.8 Å². The van der Waals surface area contributed by atoms with Crippen LogP contribution < -0.4 is 4.57 Å². The second-order valence-electron chi connectivity index (χ2n) is 7.62. The van der Waals surface area contributed by atoms with E-state index in [2.05, 4.69) is 73.9 Å². The Morgan fingerprint density at radius 3 is 1.33 bits per heavy atom. The van der Waals surface area contributed by atoms with Gasteiger partial charge in [-0.15, -0.1) is 0 Å². The molecular formula is C23H30N+. The van der Waals surface area contributed by atoms with Gasteiger partial charge in [0, 0.05) is 12.5 Å². The lowest BCUT2D eigenvalue weighted by Crippen LogP contribution is -2.35. The molecule has 0 aliphatic carbocycles. The van der Waals surface area contributed by atoms with Gasteiger partial charge in [0.1, 0.15) is 7.05 Å². The molecule has 2 aromatic carbocycles. The van der Waals surface area contributed by atoms with Crippen LogP contribution in [0.1, 0.15) is 50.2 Å². The third kappa shape index (κ3) is 1.90. The zero-order chi connectivity index (χ0) is 18.1. The predicted molar refractivity (Wildman–Crippen MR) is 105 cm³/mol. The highest BCUT2D eigenvalue weighted by Gasteiger charge is 2.25. The minimum Gasteiger partial charge on any atom is -0.198 e. The first-order valence-corrected chi connectivity index (χ1v) is 8.89. The monoisotopic (exact) mass is 320 g/mol. The van der Waals surface area contributed by atoms with E-state index in [9.17, 15) is 0 Å².